The van der Waals surface area contributed by atoms with Crippen molar-refractivity contribution in [3.05, 3.63) is 29.6 Å². The van der Waals surface area contributed by atoms with Gasteiger partial charge in [0.2, 0.25) is 0 Å². The van der Waals surface area contributed by atoms with Crippen molar-refractivity contribution in [2.24, 2.45) is 0 Å². The Morgan fingerprint density at radius 3 is 2.47 bits per heavy atom. The number of aromatic nitrogens is 1. The minimum atomic E-state index is -0.730. The van der Waals surface area contributed by atoms with Crippen molar-refractivity contribution in [2.75, 3.05) is 7.05 Å². The Labute approximate surface area is 112 Å². The average Bonchev–Trinajstić information content (AvgIpc) is 2.26. The smallest absolute Gasteiger partial charge is 0.442 e. The number of rotatable bonds is 1. The van der Waals surface area contributed by atoms with Gasteiger partial charge in [0.05, 0.1) is 12.6 Å². The van der Waals surface area contributed by atoms with Gasteiger partial charge in [0.15, 0.2) is 0 Å². The summed E-state index contributed by atoms with van der Waals surface area (Å²) in [5.74, 6) is -0.640. The summed E-state index contributed by atoms with van der Waals surface area (Å²) >= 11 is 0. The third kappa shape index (κ3) is 4.95. The number of pyridine rings is 1. The molecule has 1 amide bonds. The lowest BCUT2D eigenvalue weighted by atomic mass is 10.2. The van der Waals surface area contributed by atoms with Crippen molar-refractivity contribution in [1.29, 1.82) is 0 Å². The molecule has 0 aliphatic rings. The SMILES string of the molecule is Cc1cc(C(=O)ON(C)C(=O)OC(C)(C)C)ccn1. The Morgan fingerprint density at radius 1 is 1.32 bits per heavy atom. The zero-order valence-corrected chi connectivity index (χ0v) is 11.8. The molecule has 0 saturated heterocycles. The molecule has 0 atom stereocenters. The summed E-state index contributed by atoms with van der Waals surface area (Å²) in [6.45, 7) is 6.95. The molecule has 0 saturated carbocycles. The van der Waals surface area contributed by atoms with Crippen LogP contribution in [0.2, 0.25) is 0 Å². The average molecular weight is 266 g/mol. The first-order valence-electron chi connectivity index (χ1n) is 5.81. The molecule has 1 aromatic heterocycles. The lowest BCUT2D eigenvalue weighted by molar-refractivity contribution is -0.0931. The van der Waals surface area contributed by atoms with Crippen LogP contribution >= 0.6 is 0 Å². The Hall–Kier alpha value is -2.11. The summed E-state index contributed by atoms with van der Waals surface area (Å²) < 4.78 is 5.06. The molecule has 0 bridgehead atoms. The number of hydrogen-bond donors (Lipinski definition) is 0. The van der Waals surface area contributed by atoms with Crippen LogP contribution in [0.15, 0.2) is 18.3 Å². The first kappa shape index (κ1) is 14.9. The van der Waals surface area contributed by atoms with E-state index in [2.05, 4.69) is 4.98 Å². The van der Waals surface area contributed by atoms with E-state index in [4.69, 9.17) is 9.57 Å². The monoisotopic (exact) mass is 266 g/mol. The van der Waals surface area contributed by atoms with Crippen LogP contribution in [-0.2, 0) is 9.57 Å². The number of amides is 1. The predicted octanol–water partition coefficient (Wildman–Crippen LogP) is 2.33. The van der Waals surface area contributed by atoms with Crippen LogP contribution in [0.25, 0.3) is 0 Å². The molecule has 6 heteroatoms. The highest BCUT2D eigenvalue weighted by atomic mass is 16.8. The maximum atomic E-state index is 11.8. The van der Waals surface area contributed by atoms with E-state index in [0.29, 0.717) is 11.3 Å². The van der Waals surface area contributed by atoms with Gasteiger partial charge in [-0.2, -0.15) is 0 Å². The van der Waals surface area contributed by atoms with E-state index in [1.165, 1.54) is 19.3 Å². The zero-order chi connectivity index (χ0) is 14.6. The molecule has 0 N–H and O–H groups in total. The standard InChI is InChI=1S/C13H18N2O4/c1-9-8-10(6-7-14-9)11(16)19-15(5)12(17)18-13(2,3)4/h6-8H,1-5H3. The molecule has 1 heterocycles. The first-order chi connectivity index (χ1) is 8.69. The first-order valence-corrected chi connectivity index (χ1v) is 5.81. The van der Waals surface area contributed by atoms with Gasteiger partial charge in [-0.25, -0.2) is 9.59 Å². The normalized spacial score (nSPS) is 10.8. The van der Waals surface area contributed by atoms with E-state index >= 15 is 0 Å². The number of hydrogen-bond acceptors (Lipinski definition) is 5. The molecule has 0 aromatic carbocycles. The third-order valence-corrected chi connectivity index (χ3v) is 2.00. The second kappa shape index (κ2) is 5.69. The lowest BCUT2D eigenvalue weighted by Gasteiger charge is -2.23. The molecule has 1 aromatic rings. The third-order valence-electron chi connectivity index (χ3n) is 2.00. The summed E-state index contributed by atoms with van der Waals surface area (Å²) in [6.07, 6.45) is 0.769. The second-order valence-electron chi connectivity index (χ2n) is 5.04. The zero-order valence-electron chi connectivity index (χ0n) is 11.8. The highest BCUT2D eigenvalue weighted by molar-refractivity contribution is 5.89. The molecule has 0 fully saturated rings. The molecule has 0 radical (unpaired) electrons. The number of nitrogens with zero attached hydrogens (tertiary/aromatic N) is 2. The number of carbonyl (C=O) groups excluding carboxylic acids is 2. The van der Waals surface area contributed by atoms with Crippen molar-refractivity contribution in [1.82, 2.24) is 10.0 Å². The van der Waals surface area contributed by atoms with E-state index in [1.54, 1.807) is 33.8 Å². The van der Waals surface area contributed by atoms with Crippen LogP contribution in [0.4, 0.5) is 4.79 Å². The van der Waals surface area contributed by atoms with Crippen molar-refractivity contribution in [3.8, 4) is 0 Å². The number of ether oxygens (including phenoxy) is 1. The Balaban J connectivity index is 2.64. The maximum Gasteiger partial charge on any atom is 0.443 e. The molecule has 0 aliphatic carbocycles. The van der Waals surface area contributed by atoms with Crippen molar-refractivity contribution < 1.29 is 19.2 Å². The van der Waals surface area contributed by atoms with Crippen LogP contribution in [0, 0.1) is 6.92 Å². The molecule has 1 rings (SSSR count). The highest BCUT2D eigenvalue weighted by Crippen LogP contribution is 2.10. The molecular formula is C13H18N2O4. The number of carbonyl (C=O) groups is 2. The van der Waals surface area contributed by atoms with E-state index in [0.717, 1.165) is 5.06 Å². The minimum Gasteiger partial charge on any atom is -0.442 e. The Kier molecular flexibility index (Phi) is 4.47. The summed E-state index contributed by atoms with van der Waals surface area (Å²) in [5, 5.41) is 0.767. The van der Waals surface area contributed by atoms with Crippen molar-refractivity contribution in [3.63, 3.8) is 0 Å². The van der Waals surface area contributed by atoms with Gasteiger partial charge >= 0.3 is 12.1 Å². The van der Waals surface area contributed by atoms with E-state index < -0.39 is 17.7 Å². The molecule has 6 nitrogen and oxygen atoms in total. The summed E-state index contributed by atoms with van der Waals surface area (Å²) in [6, 6.07) is 3.09. The Morgan fingerprint density at radius 2 is 1.95 bits per heavy atom. The van der Waals surface area contributed by atoms with Crippen LogP contribution in [0.5, 0.6) is 0 Å². The van der Waals surface area contributed by atoms with Crippen LogP contribution in [0.3, 0.4) is 0 Å². The molecule has 0 unspecified atom stereocenters. The van der Waals surface area contributed by atoms with Gasteiger partial charge in [0.25, 0.3) is 0 Å². The van der Waals surface area contributed by atoms with Gasteiger partial charge < -0.3 is 9.57 Å². The number of hydroxylamine groups is 2. The molecule has 0 aliphatic heterocycles. The van der Waals surface area contributed by atoms with E-state index in [1.807, 2.05) is 0 Å². The Bertz CT molecular complexity index is 480. The topological polar surface area (TPSA) is 68.7 Å². The highest BCUT2D eigenvalue weighted by Gasteiger charge is 2.22. The fraction of sp³-hybridized carbons (Fsp3) is 0.462. The number of aryl methyl sites for hydroxylation is 1. The van der Waals surface area contributed by atoms with Crippen LogP contribution < -0.4 is 0 Å². The van der Waals surface area contributed by atoms with Gasteiger partial charge in [-0.1, -0.05) is 0 Å². The molecular weight excluding hydrogens is 248 g/mol. The van der Waals surface area contributed by atoms with E-state index in [-0.39, 0.29) is 0 Å². The van der Waals surface area contributed by atoms with Crippen molar-refractivity contribution in [2.45, 2.75) is 33.3 Å². The van der Waals surface area contributed by atoms with E-state index in [9.17, 15) is 9.59 Å². The van der Waals surface area contributed by atoms with Gasteiger partial charge in [-0.05, 0) is 39.8 Å². The van der Waals surface area contributed by atoms with Gasteiger partial charge in [-0.3, -0.25) is 4.98 Å². The van der Waals surface area contributed by atoms with Gasteiger partial charge in [0, 0.05) is 11.9 Å². The molecule has 0 spiro atoms. The van der Waals surface area contributed by atoms with Crippen LogP contribution in [-0.4, -0.2) is 34.8 Å². The van der Waals surface area contributed by atoms with Gasteiger partial charge in [-0.15, -0.1) is 5.06 Å². The minimum absolute atomic E-state index is 0.322. The largest absolute Gasteiger partial charge is 0.443 e. The second-order valence-corrected chi connectivity index (χ2v) is 5.04. The maximum absolute atomic E-state index is 11.8. The summed E-state index contributed by atoms with van der Waals surface area (Å²) in [4.78, 5) is 32.2. The van der Waals surface area contributed by atoms with Gasteiger partial charge in [0.1, 0.15) is 5.60 Å². The fourth-order valence-corrected chi connectivity index (χ4v) is 1.21. The van der Waals surface area contributed by atoms with Crippen molar-refractivity contribution >= 4 is 12.1 Å². The summed E-state index contributed by atoms with van der Waals surface area (Å²) in [5.41, 5.74) is 0.364. The lowest BCUT2D eigenvalue weighted by Crippen LogP contribution is -2.35. The summed E-state index contributed by atoms with van der Waals surface area (Å²) in [7, 11) is 1.32. The molecule has 104 valence electrons. The molecule has 19 heavy (non-hydrogen) atoms. The fourth-order valence-electron chi connectivity index (χ4n) is 1.21. The van der Waals surface area contributed by atoms with Crippen LogP contribution in [0.1, 0.15) is 36.8 Å². The quantitative estimate of drug-likeness (QED) is 0.730. The predicted molar refractivity (Wildman–Crippen MR) is 68.4 cm³/mol.